The number of rotatable bonds is 9. The van der Waals surface area contributed by atoms with Crippen molar-refractivity contribution in [3.8, 4) is 11.5 Å². The van der Waals surface area contributed by atoms with Crippen molar-refractivity contribution in [2.24, 2.45) is 0 Å². The van der Waals surface area contributed by atoms with E-state index in [4.69, 9.17) is 44.9 Å². The van der Waals surface area contributed by atoms with Gasteiger partial charge in [-0.25, -0.2) is 0 Å². The number of hydrogen-bond acceptors (Lipinski definition) is 5. The Morgan fingerprint density at radius 3 is 2.52 bits per heavy atom. The van der Waals surface area contributed by atoms with Crippen LogP contribution in [-0.2, 0) is 4.79 Å². The summed E-state index contributed by atoms with van der Waals surface area (Å²) in [7, 11) is 0. The summed E-state index contributed by atoms with van der Waals surface area (Å²) in [5.41, 5.74) is 5.12. The van der Waals surface area contributed by atoms with Gasteiger partial charge < -0.3 is 9.47 Å². The highest BCUT2D eigenvalue weighted by Gasteiger charge is 2.14. The Hall–Kier alpha value is -2.55. The third-order valence-corrected chi connectivity index (χ3v) is 4.67. The number of carbonyl (C=O) groups excluding carboxylic acids is 2. The second kappa shape index (κ2) is 13.0. The standard InChI is InChI=1S/C21H23Cl2N3O4S/c1-2-3-6-11-29-17-8-5-4-7-15(17)20(28)24-21(31)26-25-19(27)13-30-18-10-9-14(22)12-16(18)23/h4-5,7-10,12H,2-3,6,11,13H2,1H3,(H,25,27)(H2,24,26,28,31). The highest BCUT2D eigenvalue weighted by molar-refractivity contribution is 7.80. The van der Waals surface area contributed by atoms with Crippen molar-refractivity contribution in [2.75, 3.05) is 13.2 Å². The van der Waals surface area contributed by atoms with Gasteiger partial charge in [0.05, 0.1) is 17.2 Å². The normalized spacial score (nSPS) is 10.2. The molecule has 0 unspecified atom stereocenters. The maximum atomic E-state index is 12.5. The Morgan fingerprint density at radius 1 is 1.00 bits per heavy atom. The van der Waals surface area contributed by atoms with Crippen LogP contribution in [0.2, 0.25) is 10.0 Å². The summed E-state index contributed by atoms with van der Waals surface area (Å²) in [6.07, 6.45) is 3.03. The summed E-state index contributed by atoms with van der Waals surface area (Å²) >= 11 is 16.8. The maximum Gasteiger partial charge on any atom is 0.276 e. The lowest BCUT2D eigenvalue weighted by Crippen LogP contribution is -2.49. The van der Waals surface area contributed by atoms with Gasteiger partial charge in [-0.2, -0.15) is 0 Å². The molecule has 0 atom stereocenters. The predicted octanol–water partition coefficient (Wildman–Crippen LogP) is 4.28. The number of para-hydroxylation sites is 1. The molecule has 0 saturated carbocycles. The fourth-order valence-corrected chi connectivity index (χ4v) is 3.02. The van der Waals surface area contributed by atoms with E-state index in [0.717, 1.165) is 19.3 Å². The average Bonchev–Trinajstić information content (AvgIpc) is 2.75. The molecule has 7 nitrogen and oxygen atoms in total. The minimum Gasteiger partial charge on any atom is -0.493 e. The molecule has 0 aliphatic heterocycles. The van der Waals surface area contributed by atoms with Gasteiger partial charge in [0.15, 0.2) is 11.7 Å². The zero-order valence-electron chi connectivity index (χ0n) is 16.9. The van der Waals surface area contributed by atoms with Crippen molar-refractivity contribution in [2.45, 2.75) is 26.2 Å². The first-order valence-corrected chi connectivity index (χ1v) is 10.8. The van der Waals surface area contributed by atoms with Crippen LogP contribution in [0.5, 0.6) is 11.5 Å². The van der Waals surface area contributed by atoms with Crippen LogP contribution in [0.1, 0.15) is 36.5 Å². The number of carbonyl (C=O) groups is 2. The van der Waals surface area contributed by atoms with Crippen LogP contribution in [0.15, 0.2) is 42.5 Å². The highest BCUT2D eigenvalue weighted by atomic mass is 35.5. The third-order valence-electron chi connectivity index (χ3n) is 3.93. The molecule has 0 spiro atoms. The number of nitrogens with one attached hydrogen (secondary N) is 3. The molecule has 0 bridgehead atoms. The third kappa shape index (κ3) is 8.61. The van der Waals surface area contributed by atoms with Crippen LogP contribution in [0, 0.1) is 0 Å². The molecule has 0 aromatic heterocycles. The Morgan fingerprint density at radius 2 is 1.77 bits per heavy atom. The topological polar surface area (TPSA) is 88.7 Å². The first-order valence-electron chi connectivity index (χ1n) is 9.60. The molecule has 0 radical (unpaired) electrons. The van der Waals surface area contributed by atoms with E-state index in [1.807, 2.05) is 0 Å². The molecule has 2 aromatic carbocycles. The average molecular weight is 484 g/mol. The molecule has 2 rings (SSSR count). The molecular formula is C21H23Cl2N3O4S. The lowest BCUT2D eigenvalue weighted by atomic mass is 10.2. The summed E-state index contributed by atoms with van der Waals surface area (Å²) in [6, 6.07) is 11.5. The lowest BCUT2D eigenvalue weighted by molar-refractivity contribution is -0.123. The van der Waals surface area contributed by atoms with Crippen molar-refractivity contribution in [3.63, 3.8) is 0 Å². The van der Waals surface area contributed by atoms with Crippen molar-refractivity contribution >= 4 is 52.3 Å². The van der Waals surface area contributed by atoms with Gasteiger partial charge >= 0.3 is 0 Å². The van der Waals surface area contributed by atoms with Gasteiger partial charge in [-0.1, -0.05) is 55.1 Å². The SMILES string of the molecule is CCCCCOc1ccccc1C(=O)NC(=S)NNC(=O)COc1ccc(Cl)cc1Cl. The predicted molar refractivity (Wildman–Crippen MR) is 125 cm³/mol. The minimum absolute atomic E-state index is 0.0799. The van der Waals surface area contributed by atoms with Crippen molar-refractivity contribution in [1.82, 2.24) is 16.2 Å². The largest absolute Gasteiger partial charge is 0.493 e. The van der Waals surface area contributed by atoms with Gasteiger partial charge in [0.25, 0.3) is 11.8 Å². The van der Waals surface area contributed by atoms with E-state index >= 15 is 0 Å². The number of benzene rings is 2. The Labute approximate surface area is 196 Å². The minimum atomic E-state index is -0.526. The molecule has 0 saturated heterocycles. The van der Waals surface area contributed by atoms with Gasteiger partial charge in [-0.05, 0) is 49.0 Å². The van der Waals surface area contributed by atoms with Gasteiger partial charge in [0.2, 0.25) is 0 Å². The number of thiocarbonyl (C=S) groups is 1. The molecule has 0 aliphatic rings. The summed E-state index contributed by atoms with van der Waals surface area (Å²) in [5.74, 6) is -0.201. The van der Waals surface area contributed by atoms with Crippen molar-refractivity contribution < 1.29 is 19.1 Å². The lowest BCUT2D eigenvalue weighted by Gasteiger charge is -2.14. The zero-order chi connectivity index (χ0) is 22.6. The molecule has 0 fully saturated rings. The van der Waals surface area contributed by atoms with Crippen molar-refractivity contribution in [3.05, 3.63) is 58.1 Å². The number of hydrogen-bond donors (Lipinski definition) is 3. The van der Waals surface area contributed by atoms with E-state index in [-0.39, 0.29) is 16.7 Å². The summed E-state index contributed by atoms with van der Waals surface area (Å²) < 4.78 is 11.0. The van der Waals surface area contributed by atoms with Crippen LogP contribution in [-0.4, -0.2) is 30.1 Å². The highest BCUT2D eigenvalue weighted by Crippen LogP contribution is 2.27. The van der Waals surface area contributed by atoms with Crippen LogP contribution in [0.25, 0.3) is 0 Å². The van der Waals surface area contributed by atoms with Crippen LogP contribution >= 0.6 is 35.4 Å². The number of halogens is 2. The molecule has 31 heavy (non-hydrogen) atoms. The smallest absolute Gasteiger partial charge is 0.276 e. The Kier molecular flexibility index (Phi) is 10.4. The second-order valence-corrected chi connectivity index (χ2v) is 7.62. The van der Waals surface area contributed by atoms with E-state index in [0.29, 0.717) is 28.7 Å². The molecule has 3 N–H and O–H groups in total. The van der Waals surface area contributed by atoms with Gasteiger partial charge in [0.1, 0.15) is 11.5 Å². The molecule has 166 valence electrons. The van der Waals surface area contributed by atoms with Gasteiger partial charge in [-0.3, -0.25) is 25.8 Å². The summed E-state index contributed by atoms with van der Waals surface area (Å²) in [5, 5.41) is 3.15. The molecule has 0 aliphatic carbocycles. The summed E-state index contributed by atoms with van der Waals surface area (Å²) in [4.78, 5) is 24.4. The zero-order valence-corrected chi connectivity index (χ0v) is 19.2. The van der Waals surface area contributed by atoms with Gasteiger partial charge in [0, 0.05) is 5.02 Å². The van der Waals surface area contributed by atoms with E-state index < -0.39 is 11.8 Å². The number of ether oxygens (including phenoxy) is 2. The molecular weight excluding hydrogens is 461 g/mol. The maximum absolute atomic E-state index is 12.5. The fraction of sp³-hybridized carbons (Fsp3) is 0.286. The number of amides is 2. The van der Waals surface area contributed by atoms with E-state index in [2.05, 4.69) is 23.1 Å². The van der Waals surface area contributed by atoms with Crippen LogP contribution in [0.3, 0.4) is 0 Å². The Bertz CT molecular complexity index is 927. The molecule has 10 heteroatoms. The molecule has 0 heterocycles. The Balaban J connectivity index is 1.79. The van der Waals surface area contributed by atoms with Crippen molar-refractivity contribution in [1.29, 1.82) is 0 Å². The first-order chi connectivity index (χ1) is 14.9. The number of hydrazine groups is 1. The molecule has 2 amide bonds. The van der Waals surface area contributed by atoms with E-state index in [1.165, 1.54) is 6.07 Å². The second-order valence-electron chi connectivity index (χ2n) is 6.37. The van der Waals surface area contributed by atoms with E-state index in [1.54, 1.807) is 36.4 Å². The van der Waals surface area contributed by atoms with E-state index in [9.17, 15) is 9.59 Å². The van der Waals surface area contributed by atoms with Crippen LogP contribution < -0.4 is 25.6 Å². The monoisotopic (exact) mass is 483 g/mol. The fourth-order valence-electron chi connectivity index (χ4n) is 2.41. The van der Waals surface area contributed by atoms with Gasteiger partial charge in [-0.15, -0.1) is 0 Å². The quantitative estimate of drug-likeness (QED) is 0.280. The number of unbranched alkanes of at least 4 members (excludes halogenated alkanes) is 2. The van der Waals surface area contributed by atoms with Crippen LogP contribution in [0.4, 0.5) is 0 Å². The first kappa shape index (κ1) is 24.7. The summed E-state index contributed by atoms with van der Waals surface area (Å²) in [6.45, 7) is 2.31. The molecule has 2 aromatic rings.